The molecule has 4 rings (SSSR count). The summed E-state index contributed by atoms with van der Waals surface area (Å²) >= 11 is 0. The molecule has 0 aliphatic carbocycles. The number of nitrogens with one attached hydrogen (secondary N) is 1. The van der Waals surface area contributed by atoms with Crippen LogP contribution in [-0.4, -0.2) is 25.2 Å². The maximum Gasteiger partial charge on any atom is 0.228 e. The zero-order chi connectivity index (χ0) is 21.1. The zero-order valence-electron chi connectivity index (χ0n) is 17.5. The topological polar surface area (TPSA) is 64.7 Å². The highest BCUT2D eigenvalue weighted by molar-refractivity contribution is 5.92. The Morgan fingerprint density at radius 2 is 1.73 bits per heavy atom. The summed E-state index contributed by atoms with van der Waals surface area (Å²) < 4.78 is 3.96. The molecule has 2 aromatic heterocycles. The van der Waals surface area contributed by atoms with E-state index in [-0.39, 0.29) is 5.91 Å². The van der Waals surface area contributed by atoms with Crippen LogP contribution < -0.4 is 5.32 Å². The van der Waals surface area contributed by atoms with E-state index in [0.29, 0.717) is 13.0 Å². The van der Waals surface area contributed by atoms with Crippen molar-refractivity contribution in [1.29, 1.82) is 0 Å². The fourth-order valence-corrected chi connectivity index (χ4v) is 3.67. The number of hydrogen-bond acceptors (Lipinski definition) is 3. The molecule has 0 saturated carbocycles. The Hall–Kier alpha value is -3.67. The van der Waals surface area contributed by atoms with Gasteiger partial charge in [0.25, 0.3) is 0 Å². The van der Waals surface area contributed by atoms with Gasteiger partial charge in [-0.3, -0.25) is 4.79 Å². The Labute approximate surface area is 176 Å². The summed E-state index contributed by atoms with van der Waals surface area (Å²) in [6.45, 7) is 6.87. The third kappa shape index (κ3) is 4.33. The average Bonchev–Trinajstić information content (AvgIpc) is 3.32. The lowest BCUT2D eigenvalue weighted by Crippen LogP contribution is -2.15. The fraction of sp³-hybridized carbons (Fsp3) is 0.208. The largest absolute Gasteiger partial charge is 0.326 e. The van der Waals surface area contributed by atoms with Crippen LogP contribution in [0.3, 0.4) is 0 Å². The van der Waals surface area contributed by atoms with Crippen LogP contribution in [0, 0.1) is 20.8 Å². The lowest BCUT2D eigenvalue weighted by atomic mass is 10.1. The van der Waals surface area contributed by atoms with Gasteiger partial charge in [0.05, 0.1) is 13.0 Å². The predicted molar refractivity (Wildman–Crippen MR) is 118 cm³/mol. The van der Waals surface area contributed by atoms with Crippen molar-refractivity contribution in [2.24, 2.45) is 0 Å². The van der Waals surface area contributed by atoms with Gasteiger partial charge in [-0.15, -0.1) is 0 Å². The smallest absolute Gasteiger partial charge is 0.228 e. The second kappa shape index (κ2) is 8.37. The summed E-state index contributed by atoms with van der Waals surface area (Å²) in [6.07, 6.45) is 3.54. The van der Waals surface area contributed by atoms with Crippen molar-refractivity contribution in [2.75, 3.05) is 5.32 Å². The van der Waals surface area contributed by atoms with Crippen molar-refractivity contribution < 1.29 is 4.79 Å². The number of nitrogens with zero attached hydrogens (tertiary/aromatic N) is 4. The number of aromatic nitrogens is 4. The summed E-state index contributed by atoms with van der Waals surface area (Å²) in [5.41, 5.74) is 7.48. The van der Waals surface area contributed by atoms with Gasteiger partial charge in [-0.25, -0.2) is 9.67 Å². The molecule has 0 saturated heterocycles. The molecule has 4 aromatic rings. The van der Waals surface area contributed by atoms with Crippen LogP contribution in [0.1, 0.15) is 28.1 Å². The van der Waals surface area contributed by atoms with Crippen LogP contribution in [0.25, 0.3) is 5.69 Å². The second-order valence-corrected chi connectivity index (χ2v) is 7.58. The van der Waals surface area contributed by atoms with Gasteiger partial charge in [0, 0.05) is 22.8 Å². The van der Waals surface area contributed by atoms with E-state index < -0.39 is 0 Å². The number of carbonyl (C=O) groups is 1. The summed E-state index contributed by atoms with van der Waals surface area (Å²) in [5, 5.41) is 7.10. The van der Waals surface area contributed by atoms with Crippen LogP contribution in [-0.2, 0) is 17.8 Å². The highest BCUT2D eigenvalue weighted by atomic mass is 16.1. The Morgan fingerprint density at radius 3 is 2.40 bits per heavy atom. The molecule has 0 aliphatic rings. The minimum Gasteiger partial charge on any atom is -0.326 e. The maximum absolute atomic E-state index is 12.6. The van der Waals surface area contributed by atoms with Crippen LogP contribution in [0.15, 0.2) is 67.3 Å². The van der Waals surface area contributed by atoms with Gasteiger partial charge in [0.2, 0.25) is 5.91 Å². The molecule has 0 spiro atoms. The number of carbonyl (C=O) groups excluding carboxylic acids is 1. The number of hydrogen-bond donors (Lipinski definition) is 1. The Bertz CT molecular complexity index is 1140. The van der Waals surface area contributed by atoms with Gasteiger partial charge in [0.15, 0.2) is 0 Å². The van der Waals surface area contributed by atoms with Gasteiger partial charge < -0.3 is 9.88 Å². The molecule has 1 amide bonds. The third-order valence-corrected chi connectivity index (χ3v) is 5.23. The first-order valence-corrected chi connectivity index (χ1v) is 9.95. The molecule has 0 bridgehead atoms. The molecule has 0 aliphatic heterocycles. The number of anilines is 1. The summed E-state index contributed by atoms with van der Waals surface area (Å²) in [7, 11) is 0. The van der Waals surface area contributed by atoms with E-state index in [0.717, 1.165) is 33.9 Å². The van der Waals surface area contributed by atoms with E-state index in [4.69, 9.17) is 0 Å². The average molecular weight is 399 g/mol. The van der Waals surface area contributed by atoms with E-state index in [2.05, 4.69) is 71.1 Å². The first kappa shape index (κ1) is 19.6. The molecule has 0 radical (unpaired) electrons. The summed E-state index contributed by atoms with van der Waals surface area (Å²) in [5.74, 6) is -0.0248. The minimum absolute atomic E-state index is 0.0248. The van der Waals surface area contributed by atoms with Crippen molar-refractivity contribution in [3.05, 3.63) is 95.3 Å². The van der Waals surface area contributed by atoms with Crippen molar-refractivity contribution >= 4 is 11.6 Å². The summed E-state index contributed by atoms with van der Waals surface area (Å²) in [4.78, 5) is 16.6. The number of benzene rings is 2. The second-order valence-electron chi connectivity index (χ2n) is 7.58. The molecule has 6 nitrogen and oxygen atoms in total. The lowest BCUT2D eigenvalue weighted by molar-refractivity contribution is -0.115. The summed E-state index contributed by atoms with van der Waals surface area (Å²) in [6, 6.07) is 18.3. The number of aryl methyl sites for hydroxylation is 2. The van der Waals surface area contributed by atoms with E-state index in [1.165, 1.54) is 11.9 Å². The van der Waals surface area contributed by atoms with Crippen LogP contribution in [0.2, 0.25) is 0 Å². The highest BCUT2D eigenvalue weighted by Crippen LogP contribution is 2.22. The number of rotatable bonds is 6. The van der Waals surface area contributed by atoms with Crippen molar-refractivity contribution in [1.82, 2.24) is 19.3 Å². The number of amides is 1. The molecule has 1 N–H and O–H groups in total. The third-order valence-electron chi connectivity index (χ3n) is 5.23. The molecule has 2 aromatic carbocycles. The van der Waals surface area contributed by atoms with E-state index >= 15 is 0 Å². The SMILES string of the molecule is Cc1ccc(-n2c(C)cc(CC(=O)Nc3ccc(Cn4cncn4)cc3)c2C)cc1. The molecule has 0 atom stereocenters. The van der Waals surface area contributed by atoms with E-state index in [1.54, 1.807) is 11.0 Å². The van der Waals surface area contributed by atoms with Gasteiger partial charge >= 0.3 is 0 Å². The molecule has 6 heteroatoms. The Kier molecular flexibility index (Phi) is 5.48. The van der Waals surface area contributed by atoms with Crippen molar-refractivity contribution in [3.8, 4) is 5.69 Å². The standard InChI is InChI=1S/C24H25N5O/c1-17-4-10-23(11-5-17)29-18(2)12-21(19(29)3)13-24(30)27-22-8-6-20(7-9-22)14-28-16-25-15-26-28/h4-12,15-16H,13-14H2,1-3H3,(H,27,30). The molecule has 152 valence electrons. The molecule has 0 unspecified atom stereocenters. The van der Waals surface area contributed by atoms with Crippen LogP contribution in [0.5, 0.6) is 0 Å². The molecular formula is C24H25N5O. The first-order chi connectivity index (χ1) is 14.5. The van der Waals surface area contributed by atoms with E-state index in [1.807, 2.05) is 24.3 Å². The lowest BCUT2D eigenvalue weighted by Gasteiger charge is -2.11. The van der Waals surface area contributed by atoms with Gasteiger partial charge in [-0.05, 0) is 62.2 Å². The normalized spacial score (nSPS) is 10.9. The molecule has 2 heterocycles. The van der Waals surface area contributed by atoms with Gasteiger partial charge in [0.1, 0.15) is 12.7 Å². The quantitative estimate of drug-likeness (QED) is 0.528. The Morgan fingerprint density at radius 1 is 1.00 bits per heavy atom. The zero-order valence-corrected chi connectivity index (χ0v) is 17.5. The monoisotopic (exact) mass is 399 g/mol. The minimum atomic E-state index is -0.0248. The molecular weight excluding hydrogens is 374 g/mol. The van der Waals surface area contributed by atoms with Crippen molar-refractivity contribution in [3.63, 3.8) is 0 Å². The molecule has 30 heavy (non-hydrogen) atoms. The molecule has 0 fully saturated rings. The highest BCUT2D eigenvalue weighted by Gasteiger charge is 2.14. The Balaban J connectivity index is 1.43. The van der Waals surface area contributed by atoms with E-state index in [9.17, 15) is 4.79 Å². The van der Waals surface area contributed by atoms with Gasteiger partial charge in [-0.2, -0.15) is 5.10 Å². The van der Waals surface area contributed by atoms with Gasteiger partial charge in [-0.1, -0.05) is 29.8 Å². The fourth-order valence-electron chi connectivity index (χ4n) is 3.67. The van der Waals surface area contributed by atoms with Crippen molar-refractivity contribution in [2.45, 2.75) is 33.7 Å². The maximum atomic E-state index is 12.6. The predicted octanol–water partition coefficient (Wildman–Crippen LogP) is 4.22. The first-order valence-electron chi connectivity index (χ1n) is 9.95. The van der Waals surface area contributed by atoms with Crippen LogP contribution in [0.4, 0.5) is 5.69 Å². The van der Waals surface area contributed by atoms with Crippen LogP contribution >= 0.6 is 0 Å².